The minimum absolute atomic E-state index is 0.0985. The van der Waals surface area contributed by atoms with Crippen LogP contribution in [0.25, 0.3) is 0 Å². The molecule has 0 saturated heterocycles. The van der Waals surface area contributed by atoms with Crippen molar-refractivity contribution in [2.75, 3.05) is 13.2 Å². The van der Waals surface area contributed by atoms with Crippen molar-refractivity contribution in [2.24, 2.45) is 17.8 Å². The third kappa shape index (κ3) is 2.73. The first-order chi connectivity index (χ1) is 9.78. The van der Waals surface area contributed by atoms with Crippen molar-refractivity contribution in [3.63, 3.8) is 0 Å². The summed E-state index contributed by atoms with van der Waals surface area (Å²) in [4.78, 5) is 12.3. The van der Waals surface area contributed by atoms with E-state index in [2.05, 4.69) is 17.4 Å². The van der Waals surface area contributed by atoms with Crippen LogP contribution in [0.4, 0.5) is 0 Å². The molecule has 2 atom stereocenters. The predicted molar refractivity (Wildman–Crippen MR) is 78.3 cm³/mol. The SMILES string of the molecule is O=C(NCC1CCCC1CO)C1Cc2ccccc2C1. The average molecular weight is 273 g/mol. The quantitative estimate of drug-likeness (QED) is 0.880. The summed E-state index contributed by atoms with van der Waals surface area (Å²) >= 11 is 0. The van der Waals surface area contributed by atoms with E-state index >= 15 is 0 Å². The lowest BCUT2D eigenvalue weighted by atomic mass is 9.96. The van der Waals surface area contributed by atoms with Gasteiger partial charge in [0.1, 0.15) is 0 Å². The van der Waals surface area contributed by atoms with Crippen molar-refractivity contribution in [1.29, 1.82) is 0 Å². The average Bonchev–Trinajstić information content (AvgIpc) is 3.10. The summed E-state index contributed by atoms with van der Waals surface area (Å²) in [6.07, 6.45) is 5.16. The fraction of sp³-hybridized carbons (Fsp3) is 0.588. The van der Waals surface area contributed by atoms with Crippen LogP contribution in [0.2, 0.25) is 0 Å². The van der Waals surface area contributed by atoms with E-state index in [0.717, 1.165) is 32.2 Å². The molecule has 0 aromatic heterocycles. The minimum Gasteiger partial charge on any atom is -0.396 e. The summed E-state index contributed by atoms with van der Waals surface area (Å²) in [5.41, 5.74) is 2.64. The Morgan fingerprint density at radius 1 is 1.15 bits per heavy atom. The van der Waals surface area contributed by atoms with Crippen LogP contribution in [0.15, 0.2) is 24.3 Å². The van der Waals surface area contributed by atoms with Gasteiger partial charge in [-0.3, -0.25) is 4.79 Å². The zero-order valence-corrected chi connectivity index (χ0v) is 11.8. The molecule has 3 rings (SSSR count). The standard InChI is InChI=1S/C17H23NO2/c19-11-15-7-3-6-14(15)10-18-17(20)16-8-12-4-1-2-5-13(12)9-16/h1-2,4-5,14-16,19H,3,6-11H2,(H,18,20). The van der Waals surface area contributed by atoms with Crippen molar-refractivity contribution in [3.05, 3.63) is 35.4 Å². The van der Waals surface area contributed by atoms with Gasteiger partial charge in [0, 0.05) is 19.1 Å². The van der Waals surface area contributed by atoms with Crippen molar-refractivity contribution in [1.82, 2.24) is 5.32 Å². The second kappa shape index (κ2) is 5.96. The molecule has 0 spiro atoms. The van der Waals surface area contributed by atoms with E-state index in [1.54, 1.807) is 0 Å². The molecule has 2 aliphatic carbocycles. The molecular formula is C17H23NO2. The van der Waals surface area contributed by atoms with Gasteiger partial charge >= 0.3 is 0 Å². The second-order valence-corrected chi connectivity index (χ2v) is 6.25. The number of fused-ring (bicyclic) bond motifs is 1. The highest BCUT2D eigenvalue weighted by molar-refractivity contribution is 5.80. The molecule has 0 bridgehead atoms. The van der Waals surface area contributed by atoms with Gasteiger partial charge < -0.3 is 10.4 Å². The van der Waals surface area contributed by atoms with Crippen LogP contribution in [-0.2, 0) is 17.6 Å². The monoisotopic (exact) mass is 273 g/mol. The van der Waals surface area contributed by atoms with Gasteiger partial charge in [-0.05, 0) is 48.6 Å². The maximum Gasteiger partial charge on any atom is 0.223 e. The first-order valence-electron chi connectivity index (χ1n) is 7.73. The van der Waals surface area contributed by atoms with Crippen molar-refractivity contribution in [2.45, 2.75) is 32.1 Å². The van der Waals surface area contributed by atoms with Gasteiger partial charge in [-0.15, -0.1) is 0 Å². The Hall–Kier alpha value is -1.35. The van der Waals surface area contributed by atoms with Gasteiger partial charge in [-0.1, -0.05) is 30.7 Å². The number of carbonyl (C=O) groups excluding carboxylic acids is 1. The highest BCUT2D eigenvalue weighted by Gasteiger charge is 2.30. The van der Waals surface area contributed by atoms with Gasteiger partial charge in [0.15, 0.2) is 0 Å². The van der Waals surface area contributed by atoms with Crippen LogP contribution >= 0.6 is 0 Å². The van der Waals surface area contributed by atoms with E-state index in [0.29, 0.717) is 11.8 Å². The highest BCUT2D eigenvalue weighted by atomic mass is 16.3. The molecule has 1 aromatic rings. The zero-order valence-electron chi connectivity index (χ0n) is 11.8. The van der Waals surface area contributed by atoms with Crippen LogP contribution in [0.1, 0.15) is 30.4 Å². The summed E-state index contributed by atoms with van der Waals surface area (Å²) in [7, 11) is 0. The number of hydrogen-bond donors (Lipinski definition) is 2. The maximum absolute atomic E-state index is 12.3. The molecular weight excluding hydrogens is 250 g/mol. The summed E-state index contributed by atoms with van der Waals surface area (Å²) in [6, 6.07) is 8.34. The minimum atomic E-state index is 0.0985. The largest absolute Gasteiger partial charge is 0.396 e. The van der Waals surface area contributed by atoms with E-state index in [1.807, 2.05) is 12.1 Å². The van der Waals surface area contributed by atoms with E-state index in [9.17, 15) is 9.90 Å². The lowest BCUT2D eigenvalue weighted by Gasteiger charge is -2.19. The van der Waals surface area contributed by atoms with Crippen molar-refractivity contribution >= 4 is 5.91 Å². The van der Waals surface area contributed by atoms with Crippen molar-refractivity contribution in [3.8, 4) is 0 Å². The molecule has 3 nitrogen and oxygen atoms in total. The molecule has 1 aromatic carbocycles. The van der Waals surface area contributed by atoms with Crippen LogP contribution < -0.4 is 5.32 Å². The first-order valence-corrected chi connectivity index (χ1v) is 7.73. The maximum atomic E-state index is 12.3. The van der Waals surface area contributed by atoms with E-state index < -0.39 is 0 Å². The molecule has 1 amide bonds. The number of aliphatic hydroxyl groups excluding tert-OH is 1. The third-order valence-electron chi connectivity index (χ3n) is 5.01. The molecule has 0 heterocycles. The van der Waals surface area contributed by atoms with Crippen LogP contribution in [0.3, 0.4) is 0 Å². The number of hydrogen-bond acceptors (Lipinski definition) is 2. The summed E-state index contributed by atoms with van der Waals surface area (Å²) in [6.45, 7) is 0.992. The van der Waals surface area contributed by atoms with Crippen molar-refractivity contribution < 1.29 is 9.90 Å². The fourth-order valence-corrected chi connectivity index (χ4v) is 3.74. The summed E-state index contributed by atoms with van der Waals surface area (Å²) in [5, 5.41) is 12.4. The topological polar surface area (TPSA) is 49.3 Å². The van der Waals surface area contributed by atoms with Gasteiger partial charge in [0.25, 0.3) is 0 Å². The lowest BCUT2D eigenvalue weighted by Crippen LogP contribution is -2.36. The molecule has 108 valence electrons. The Bertz CT molecular complexity index is 461. The lowest BCUT2D eigenvalue weighted by molar-refractivity contribution is -0.125. The Morgan fingerprint density at radius 3 is 2.45 bits per heavy atom. The molecule has 1 saturated carbocycles. The number of nitrogens with one attached hydrogen (secondary N) is 1. The number of benzene rings is 1. The Morgan fingerprint density at radius 2 is 1.80 bits per heavy atom. The molecule has 2 N–H and O–H groups in total. The van der Waals surface area contributed by atoms with E-state index in [-0.39, 0.29) is 18.4 Å². The molecule has 2 aliphatic rings. The van der Waals surface area contributed by atoms with Crippen LogP contribution in [-0.4, -0.2) is 24.2 Å². The fourth-order valence-electron chi connectivity index (χ4n) is 3.74. The third-order valence-corrected chi connectivity index (χ3v) is 5.01. The highest BCUT2D eigenvalue weighted by Crippen LogP contribution is 2.31. The molecule has 3 heteroatoms. The normalized spacial score (nSPS) is 25.6. The summed E-state index contributed by atoms with van der Waals surface area (Å²) < 4.78 is 0. The molecule has 0 aliphatic heterocycles. The Kier molecular flexibility index (Phi) is 4.06. The number of rotatable bonds is 4. The van der Waals surface area contributed by atoms with E-state index in [1.165, 1.54) is 17.5 Å². The van der Waals surface area contributed by atoms with E-state index in [4.69, 9.17) is 0 Å². The van der Waals surface area contributed by atoms with Gasteiger partial charge in [0.05, 0.1) is 0 Å². The Balaban J connectivity index is 1.51. The molecule has 1 fully saturated rings. The van der Waals surface area contributed by atoms with Gasteiger partial charge in [-0.25, -0.2) is 0 Å². The second-order valence-electron chi connectivity index (χ2n) is 6.25. The molecule has 20 heavy (non-hydrogen) atoms. The van der Waals surface area contributed by atoms with Crippen LogP contribution in [0.5, 0.6) is 0 Å². The zero-order chi connectivity index (χ0) is 13.9. The Labute approximate surface area is 120 Å². The molecule has 2 unspecified atom stereocenters. The number of amides is 1. The predicted octanol–water partition coefficient (Wildman–Crippen LogP) is 1.93. The summed E-state index contributed by atoms with van der Waals surface area (Å²) in [5.74, 6) is 1.13. The van der Waals surface area contributed by atoms with Crippen LogP contribution in [0, 0.1) is 17.8 Å². The number of carbonyl (C=O) groups is 1. The van der Waals surface area contributed by atoms with Gasteiger partial charge in [-0.2, -0.15) is 0 Å². The smallest absolute Gasteiger partial charge is 0.223 e. The molecule has 0 radical (unpaired) electrons. The van der Waals surface area contributed by atoms with Gasteiger partial charge in [0.2, 0.25) is 5.91 Å². The number of aliphatic hydroxyl groups is 1. The first kappa shape index (κ1) is 13.6.